The lowest BCUT2D eigenvalue weighted by molar-refractivity contribution is 0.0746. The number of hydrogen-bond acceptors (Lipinski definition) is 4. The first kappa shape index (κ1) is 27.8. The van der Waals surface area contributed by atoms with Gasteiger partial charge in [-0.2, -0.15) is 0 Å². The smallest absolute Gasteiger partial charge is 0.409 e. The molecule has 1 heterocycles. The molecule has 0 aromatic heterocycles. The normalized spacial score (nSPS) is 20.2. The molecule has 1 aliphatic carbocycles. The van der Waals surface area contributed by atoms with Crippen molar-refractivity contribution in [2.75, 3.05) is 44.7 Å². The second-order valence-electron chi connectivity index (χ2n) is 11.5. The Labute approximate surface area is 238 Å². The van der Waals surface area contributed by atoms with E-state index in [1.165, 1.54) is 16.8 Å². The minimum atomic E-state index is -0.280. The van der Waals surface area contributed by atoms with Gasteiger partial charge < -0.3 is 19.4 Å². The van der Waals surface area contributed by atoms with Crippen LogP contribution in [0.3, 0.4) is 0 Å². The van der Waals surface area contributed by atoms with E-state index < -0.39 is 0 Å². The van der Waals surface area contributed by atoms with Gasteiger partial charge in [-0.05, 0) is 72.1 Å². The molecule has 0 radical (unpaired) electrons. The number of amides is 2. The maximum Gasteiger partial charge on any atom is 0.409 e. The van der Waals surface area contributed by atoms with Crippen LogP contribution in [-0.4, -0.2) is 61.6 Å². The van der Waals surface area contributed by atoms with Gasteiger partial charge in [0.1, 0.15) is 6.61 Å². The molecule has 3 atom stereocenters. The number of nitrogens with zero attached hydrogens (tertiary/aromatic N) is 3. The molecular weight excluding hydrogens is 498 g/mol. The summed E-state index contributed by atoms with van der Waals surface area (Å²) in [7, 11) is 1.82. The summed E-state index contributed by atoms with van der Waals surface area (Å²) in [6.45, 7) is 10.8. The van der Waals surface area contributed by atoms with Crippen LogP contribution in [0.1, 0.15) is 64.7 Å². The molecule has 2 amide bonds. The van der Waals surface area contributed by atoms with Crippen LogP contribution in [0.5, 0.6) is 0 Å². The summed E-state index contributed by atoms with van der Waals surface area (Å²) < 4.78 is 5.51. The SMILES string of the molecule is Cc1ccc(C(=O)N2CCN(c3ccc4c(c3)C(C)[C@@H](C)[C@H]4CCN(C)C(=O)OCc3ccccc3)CC2)cc1. The van der Waals surface area contributed by atoms with Crippen LogP contribution in [-0.2, 0) is 11.3 Å². The fraction of sp³-hybridized carbons (Fsp3) is 0.412. The van der Waals surface area contributed by atoms with Gasteiger partial charge in [0.15, 0.2) is 0 Å². The van der Waals surface area contributed by atoms with Crippen molar-refractivity contribution < 1.29 is 14.3 Å². The van der Waals surface area contributed by atoms with Crippen molar-refractivity contribution in [2.45, 2.75) is 45.6 Å². The fourth-order valence-electron chi connectivity index (χ4n) is 6.12. The molecule has 0 spiro atoms. The molecule has 0 N–H and O–H groups in total. The monoisotopic (exact) mass is 539 g/mol. The summed E-state index contributed by atoms with van der Waals surface area (Å²) >= 11 is 0. The minimum absolute atomic E-state index is 0.118. The van der Waals surface area contributed by atoms with E-state index in [0.29, 0.717) is 30.9 Å². The summed E-state index contributed by atoms with van der Waals surface area (Å²) in [6, 6.07) is 24.5. The van der Waals surface area contributed by atoms with Crippen molar-refractivity contribution in [3.05, 3.63) is 101 Å². The number of carbonyl (C=O) groups excluding carboxylic acids is 2. The Morgan fingerprint density at radius 2 is 1.60 bits per heavy atom. The molecule has 0 saturated carbocycles. The standard InChI is InChI=1S/C34H41N3O3/c1-24-10-12-28(13-11-24)33(38)37-20-18-36(19-21-37)29-14-15-31-30(25(2)26(3)32(31)22-29)16-17-35(4)34(39)40-23-27-8-6-5-7-9-27/h5-15,22,25-26,30H,16-21,23H2,1-4H3/t25-,26?,30-/m1/s1. The van der Waals surface area contributed by atoms with Gasteiger partial charge in [-0.15, -0.1) is 0 Å². The number of piperazine rings is 1. The van der Waals surface area contributed by atoms with E-state index in [-0.39, 0.29) is 12.0 Å². The molecule has 1 unspecified atom stereocenters. The molecule has 2 aliphatic rings. The number of ether oxygens (including phenoxy) is 1. The van der Waals surface area contributed by atoms with Crippen molar-refractivity contribution in [2.24, 2.45) is 5.92 Å². The van der Waals surface area contributed by atoms with Gasteiger partial charge in [-0.3, -0.25) is 4.79 Å². The molecule has 1 saturated heterocycles. The number of rotatable bonds is 7. The average molecular weight is 540 g/mol. The van der Waals surface area contributed by atoms with E-state index in [2.05, 4.69) is 36.9 Å². The highest BCUT2D eigenvalue weighted by Crippen LogP contribution is 2.48. The molecule has 1 aliphatic heterocycles. The number of benzene rings is 3. The van der Waals surface area contributed by atoms with Crippen LogP contribution in [0.2, 0.25) is 0 Å². The molecule has 3 aromatic rings. The summed E-state index contributed by atoms with van der Waals surface area (Å²) in [5, 5.41) is 0. The summed E-state index contributed by atoms with van der Waals surface area (Å²) in [5.41, 5.74) is 6.98. The molecular formula is C34H41N3O3. The number of hydrogen-bond donors (Lipinski definition) is 0. The van der Waals surface area contributed by atoms with E-state index in [0.717, 1.165) is 49.3 Å². The van der Waals surface area contributed by atoms with Gasteiger partial charge in [-0.25, -0.2) is 4.79 Å². The van der Waals surface area contributed by atoms with E-state index in [1.807, 2.05) is 73.5 Å². The lowest BCUT2D eigenvalue weighted by Crippen LogP contribution is -2.48. The van der Waals surface area contributed by atoms with Crippen LogP contribution in [0.15, 0.2) is 72.8 Å². The summed E-state index contributed by atoms with van der Waals surface area (Å²) in [4.78, 5) is 31.6. The van der Waals surface area contributed by atoms with Crippen LogP contribution in [0, 0.1) is 12.8 Å². The van der Waals surface area contributed by atoms with Crippen molar-refractivity contribution in [1.29, 1.82) is 0 Å². The number of fused-ring (bicyclic) bond motifs is 1. The molecule has 6 nitrogen and oxygen atoms in total. The maximum absolute atomic E-state index is 13.0. The fourth-order valence-corrected chi connectivity index (χ4v) is 6.12. The Hall–Kier alpha value is -3.80. The molecule has 3 aromatic carbocycles. The minimum Gasteiger partial charge on any atom is -0.445 e. The second kappa shape index (κ2) is 12.2. The largest absolute Gasteiger partial charge is 0.445 e. The number of aryl methyl sites for hydroxylation is 1. The molecule has 6 heteroatoms. The Morgan fingerprint density at radius 1 is 0.900 bits per heavy atom. The lowest BCUT2D eigenvalue weighted by atomic mass is 9.87. The third-order valence-corrected chi connectivity index (χ3v) is 8.91. The predicted octanol–water partition coefficient (Wildman–Crippen LogP) is 6.45. The van der Waals surface area contributed by atoms with Crippen molar-refractivity contribution >= 4 is 17.7 Å². The first-order valence-electron chi connectivity index (χ1n) is 14.5. The van der Waals surface area contributed by atoms with Gasteiger partial charge in [0.25, 0.3) is 5.91 Å². The highest BCUT2D eigenvalue weighted by atomic mass is 16.6. The quantitative estimate of drug-likeness (QED) is 0.346. The zero-order valence-electron chi connectivity index (χ0n) is 24.2. The highest BCUT2D eigenvalue weighted by Gasteiger charge is 2.36. The lowest BCUT2D eigenvalue weighted by Gasteiger charge is -2.36. The third kappa shape index (κ3) is 6.01. The third-order valence-electron chi connectivity index (χ3n) is 8.91. The Kier molecular flexibility index (Phi) is 8.43. The van der Waals surface area contributed by atoms with Crippen LogP contribution >= 0.6 is 0 Å². The zero-order valence-corrected chi connectivity index (χ0v) is 24.2. The molecule has 5 rings (SSSR count). The molecule has 210 valence electrons. The van der Waals surface area contributed by atoms with E-state index in [4.69, 9.17) is 4.74 Å². The molecule has 40 heavy (non-hydrogen) atoms. The average Bonchev–Trinajstić information content (AvgIpc) is 3.23. The second-order valence-corrected chi connectivity index (χ2v) is 11.5. The van der Waals surface area contributed by atoms with Gasteiger partial charge >= 0.3 is 6.09 Å². The number of carbonyl (C=O) groups is 2. The molecule has 0 bridgehead atoms. The van der Waals surface area contributed by atoms with Crippen molar-refractivity contribution in [1.82, 2.24) is 9.80 Å². The van der Waals surface area contributed by atoms with Crippen molar-refractivity contribution in [3.63, 3.8) is 0 Å². The van der Waals surface area contributed by atoms with Crippen LogP contribution < -0.4 is 4.90 Å². The highest BCUT2D eigenvalue weighted by molar-refractivity contribution is 5.94. The summed E-state index contributed by atoms with van der Waals surface area (Å²) in [6.07, 6.45) is 0.632. The van der Waals surface area contributed by atoms with Crippen LogP contribution in [0.4, 0.5) is 10.5 Å². The van der Waals surface area contributed by atoms with Gasteiger partial charge in [0, 0.05) is 51.0 Å². The predicted molar refractivity (Wildman–Crippen MR) is 160 cm³/mol. The number of anilines is 1. The van der Waals surface area contributed by atoms with Gasteiger partial charge in [0.2, 0.25) is 0 Å². The Morgan fingerprint density at radius 3 is 2.30 bits per heavy atom. The van der Waals surface area contributed by atoms with Crippen LogP contribution in [0.25, 0.3) is 0 Å². The van der Waals surface area contributed by atoms with E-state index in [9.17, 15) is 9.59 Å². The Bertz CT molecular complexity index is 1320. The van der Waals surface area contributed by atoms with E-state index >= 15 is 0 Å². The first-order valence-corrected chi connectivity index (χ1v) is 14.5. The first-order chi connectivity index (χ1) is 19.3. The topological polar surface area (TPSA) is 53.1 Å². The van der Waals surface area contributed by atoms with Gasteiger partial charge in [-0.1, -0.05) is 67.9 Å². The zero-order chi connectivity index (χ0) is 28.2. The van der Waals surface area contributed by atoms with E-state index in [1.54, 1.807) is 4.90 Å². The Balaban J connectivity index is 1.17. The van der Waals surface area contributed by atoms with Crippen molar-refractivity contribution in [3.8, 4) is 0 Å². The maximum atomic E-state index is 13.0. The molecule has 1 fully saturated rings. The summed E-state index contributed by atoms with van der Waals surface area (Å²) in [5.74, 6) is 1.49. The van der Waals surface area contributed by atoms with Gasteiger partial charge in [0.05, 0.1) is 0 Å².